The summed E-state index contributed by atoms with van der Waals surface area (Å²) in [4.78, 5) is 23.3. The molecule has 0 bridgehead atoms. The van der Waals surface area contributed by atoms with Crippen molar-refractivity contribution >= 4 is 22.9 Å². The number of hydrogen-bond acceptors (Lipinski definition) is 4. The minimum Gasteiger partial charge on any atom is -0.325 e. The Balaban J connectivity index is 1.51. The largest absolute Gasteiger partial charge is 0.325 e. The van der Waals surface area contributed by atoms with Gasteiger partial charge in [0.05, 0.1) is 11.4 Å². The molecular formula is C22H23N3OS. The Morgan fingerprint density at radius 2 is 1.96 bits per heavy atom. The normalized spacial score (nSPS) is 16.0. The monoisotopic (exact) mass is 377 g/mol. The molecule has 0 aliphatic heterocycles. The van der Waals surface area contributed by atoms with Gasteiger partial charge in [-0.25, -0.2) is 4.98 Å². The van der Waals surface area contributed by atoms with Crippen LogP contribution < -0.4 is 5.32 Å². The molecule has 4 nitrogen and oxygen atoms in total. The Kier molecular flexibility index (Phi) is 4.79. The highest BCUT2D eigenvalue weighted by Crippen LogP contribution is 2.34. The first-order valence-corrected chi connectivity index (χ1v) is 10.1. The fraction of sp³-hybridized carbons (Fsp3) is 0.318. The molecule has 138 valence electrons. The van der Waals surface area contributed by atoms with Crippen LogP contribution >= 0.6 is 11.3 Å². The maximum atomic E-state index is 12.9. The van der Waals surface area contributed by atoms with Gasteiger partial charge in [-0.15, -0.1) is 11.3 Å². The first kappa shape index (κ1) is 17.9. The molecule has 2 heterocycles. The van der Waals surface area contributed by atoms with E-state index in [-0.39, 0.29) is 11.8 Å². The lowest BCUT2D eigenvalue weighted by atomic mass is 9.90. The number of thiazole rings is 1. The van der Waals surface area contributed by atoms with Crippen LogP contribution in [0.2, 0.25) is 0 Å². The molecule has 1 atom stereocenters. The molecule has 5 heteroatoms. The molecule has 0 fully saturated rings. The Labute approximate surface area is 163 Å². The molecular weight excluding hydrogens is 354 g/mol. The zero-order valence-corrected chi connectivity index (χ0v) is 16.7. The highest BCUT2D eigenvalue weighted by atomic mass is 32.1. The van der Waals surface area contributed by atoms with Crippen molar-refractivity contribution in [2.24, 2.45) is 5.92 Å². The quantitative estimate of drug-likeness (QED) is 0.708. The number of carbonyl (C=O) groups excluding carboxylic acids is 1. The molecule has 1 amide bonds. The highest BCUT2D eigenvalue weighted by Gasteiger charge is 2.28. The molecule has 1 N–H and O–H groups in total. The third-order valence-electron chi connectivity index (χ3n) is 5.12. The number of hydrogen-bond donors (Lipinski definition) is 1. The van der Waals surface area contributed by atoms with Crippen molar-refractivity contribution in [2.75, 3.05) is 5.32 Å². The van der Waals surface area contributed by atoms with Crippen LogP contribution in [0, 0.1) is 26.7 Å². The number of rotatable bonds is 3. The first-order chi connectivity index (χ1) is 13.0. The van der Waals surface area contributed by atoms with Crippen molar-refractivity contribution in [1.82, 2.24) is 9.97 Å². The standard InChI is InChI=1S/C22H23N3OS/c1-13-10-14(2)20(15(3)11-13)25-21(26)16-7-8-17-19(12-16)27-22(24-17)18-6-4-5-9-23-18/h4-6,9-11,16H,7-8,12H2,1-3H3,(H,25,26). The van der Waals surface area contributed by atoms with E-state index in [9.17, 15) is 4.79 Å². The third kappa shape index (κ3) is 3.65. The Bertz CT molecular complexity index is 971. The Morgan fingerprint density at radius 1 is 1.19 bits per heavy atom. The van der Waals surface area contributed by atoms with E-state index in [0.29, 0.717) is 0 Å². The van der Waals surface area contributed by atoms with Crippen molar-refractivity contribution in [3.05, 3.63) is 63.8 Å². The van der Waals surface area contributed by atoms with Gasteiger partial charge in [-0.2, -0.15) is 0 Å². The van der Waals surface area contributed by atoms with Gasteiger partial charge in [0.2, 0.25) is 5.91 Å². The number of nitrogens with one attached hydrogen (secondary N) is 1. The first-order valence-electron chi connectivity index (χ1n) is 9.30. The zero-order valence-electron chi connectivity index (χ0n) is 15.9. The second-order valence-electron chi connectivity index (χ2n) is 7.31. The number of anilines is 1. The lowest BCUT2D eigenvalue weighted by Crippen LogP contribution is -2.28. The van der Waals surface area contributed by atoms with E-state index in [4.69, 9.17) is 4.98 Å². The van der Waals surface area contributed by atoms with Crippen molar-refractivity contribution in [3.63, 3.8) is 0 Å². The van der Waals surface area contributed by atoms with Gasteiger partial charge in [0.15, 0.2) is 0 Å². The summed E-state index contributed by atoms with van der Waals surface area (Å²) < 4.78 is 0. The van der Waals surface area contributed by atoms with Gasteiger partial charge in [0.1, 0.15) is 5.01 Å². The topological polar surface area (TPSA) is 54.9 Å². The molecule has 1 aliphatic rings. The third-order valence-corrected chi connectivity index (χ3v) is 6.26. The average molecular weight is 378 g/mol. The number of benzene rings is 1. The van der Waals surface area contributed by atoms with E-state index in [1.807, 2.05) is 18.2 Å². The molecule has 0 spiro atoms. The van der Waals surface area contributed by atoms with Crippen LogP contribution in [0.5, 0.6) is 0 Å². The van der Waals surface area contributed by atoms with Crippen molar-refractivity contribution in [2.45, 2.75) is 40.0 Å². The number of pyridine rings is 1. The molecule has 4 rings (SSSR count). The van der Waals surface area contributed by atoms with Gasteiger partial charge < -0.3 is 5.32 Å². The van der Waals surface area contributed by atoms with Gasteiger partial charge in [-0.05, 0) is 63.3 Å². The number of carbonyl (C=O) groups is 1. The Hall–Kier alpha value is -2.53. The van der Waals surface area contributed by atoms with E-state index in [1.165, 1.54) is 10.4 Å². The summed E-state index contributed by atoms with van der Waals surface area (Å²) in [5, 5.41) is 4.13. The summed E-state index contributed by atoms with van der Waals surface area (Å²) in [6, 6.07) is 10.1. The number of fused-ring (bicyclic) bond motifs is 1. The maximum absolute atomic E-state index is 12.9. The lowest BCUT2D eigenvalue weighted by Gasteiger charge is -2.22. The molecule has 1 unspecified atom stereocenters. The highest BCUT2D eigenvalue weighted by molar-refractivity contribution is 7.15. The van der Waals surface area contributed by atoms with Gasteiger partial charge in [-0.3, -0.25) is 9.78 Å². The van der Waals surface area contributed by atoms with E-state index in [1.54, 1.807) is 17.5 Å². The zero-order chi connectivity index (χ0) is 19.0. The van der Waals surface area contributed by atoms with Crippen molar-refractivity contribution in [3.8, 4) is 10.7 Å². The molecule has 1 aliphatic carbocycles. The van der Waals surface area contributed by atoms with Crippen LogP contribution in [0.3, 0.4) is 0 Å². The summed E-state index contributed by atoms with van der Waals surface area (Å²) in [5.74, 6) is 0.109. The van der Waals surface area contributed by atoms with Crippen LogP contribution in [0.4, 0.5) is 5.69 Å². The summed E-state index contributed by atoms with van der Waals surface area (Å²) in [6.45, 7) is 6.19. The smallest absolute Gasteiger partial charge is 0.227 e. The van der Waals surface area contributed by atoms with Crippen LogP contribution in [0.1, 0.15) is 33.7 Å². The summed E-state index contributed by atoms with van der Waals surface area (Å²) in [7, 11) is 0. The number of nitrogens with zero attached hydrogens (tertiary/aromatic N) is 2. The Morgan fingerprint density at radius 3 is 2.67 bits per heavy atom. The van der Waals surface area contributed by atoms with Gasteiger partial charge in [0, 0.05) is 22.7 Å². The summed E-state index contributed by atoms with van der Waals surface area (Å²) >= 11 is 1.67. The molecule has 2 aromatic heterocycles. The van der Waals surface area contributed by atoms with Gasteiger partial charge in [-0.1, -0.05) is 23.8 Å². The fourth-order valence-electron chi connectivity index (χ4n) is 3.80. The molecule has 0 saturated carbocycles. The van der Waals surface area contributed by atoms with E-state index >= 15 is 0 Å². The van der Waals surface area contributed by atoms with E-state index in [0.717, 1.165) is 52.5 Å². The second kappa shape index (κ2) is 7.24. The van der Waals surface area contributed by atoms with Crippen LogP contribution in [-0.4, -0.2) is 15.9 Å². The van der Waals surface area contributed by atoms with Crippen LogP contribution in [0.15, 0.2) is 36.5 Å². The predicted octanol–water partition coefficient (Wildman–Crippen LogP) is 4.87. The van der Waals surface area contributed by atoms with E-state index in [2.05, 4.69) is 43.2 Å². The number of aromatic nitrogens is 2. The molecule has 0 radical (unpaired) electrons. The predicted molar refractivity (Wildman–Crippen MR) is 110 cm³/mol. The minimum absolute atomic E-state index is 0.00497. The van der Waals surface area contributed by atoms with E-state index < -0.39 is 0 Å². The fourth-order valence-corrected chi connectivity index (χ4v) is 4.96. The summed E-state index contributed by atoms with van der Waals surface area (Å²) in [6.07, 6.45) is 4.24. The second-order valence-corrected chi connectivity index (χ2v) is 8.39. The molecule has 0 saturated heterocycles. The number of aryl methyl sites for hydroxylation is 4. The molecule has 1 aromatic carbocycles. The van der Waals surface area contributed by atoms with Crippen LogP contribution in [0.25, 0.3) is 10.7 Å². The lowest BCUT2D eigenvalue weighted by molar-refractivity contribution is -0.120. The van der Waals surface area contributed by atoms with Gasteiger partial charge in [0.25, 0.3) is 0 Å². The SMILES string of the molecule is Cc1cc(C)c(NC(=O)C2CCc3nc(-c4ccccn4)sc3C2)c(C)c1. The van der Waals surface area contributed by atoms with Crippen LogP contribution in [-0.2, 0) is 17.6 Å². The molecule has 27 heavy (non-hydrogen) atoms. The van der Waals surface area contributed by atoms with Crippen molar-refractivity contribution in [1.29, 1.82) is 0 Å². The molecule has 3 aromatic rings. The van der Waals surface area contributed by atoms with Gasteiger partial charge >= 0.3 is 0 Å². The summed E-state index contributed by atoms with van der Waals surface area (Å²) in [5.41, 5.74) is 6.45. The maximum Gasteiger partial charge on any atom is 0.227 e. The van der Waals surface area contributed by atoms with Crippen molar-refractivity contribution < 1.29 is 4.79 Å². The minimum atomic E-state index is -0.00497. The average Bonchev–Trinajstić information content (AvgIpc) is 3.08. The number of amides is 1.